The number of aliphatic imine (C=N–C) groups is 1. The highest BCUT2D eigenvalue weighted by atomic mass is 16.5. The molecular formula is C26H30N6O2. The Hall–Kier alpha value is -3.65. The number of morpholine rings is 1. The molecular weight excluding hydrogens is 428 g/mol. The molecule has 3 aliphatic rings. The number of benzene rings is 1. The lowest BCUT2D eigenvalue weighted by atomic mass is 10.2. The first-order valence-corrected chi connectivity index (χ1v) is 11.8. The van der Waals surface area contributed by atoms with Crippen molar-refractivity contribution in [3.05, 3.63) is 72.0 Å². The van der Waals surface area contributed by atoms with Gasteiger partial charge in [-0.15, -0.1) is 0 Å². The van der Waals surface area contributed by atoms with Crippen LogP contribution in [-0.2, 0) is 4.74 Å². The minimum absolute atomic E-state index is 0.315. The number of pyridine rings is 1. The highest BCUT2D eigenvalue weighted by Gasteiger charge is 2.25. The van der Waals surface area contributed by atoms with Crippen molar-refractivity contribution in [1.29, 1.82) is 0 Å². The van der Waals surface area contributed by atoms with Gasteiger partial charge in [0.2, 0.25) is 5.88 Å². The maximum Gasteiger partial charge on any atom is 0.217 e. The number of aromatic nitrogens is 1. The van der Waals surface area contributed by atoms with E-state index >= 15 is 0 Å². The fourth-order valence-electron chi connectivity index (χ4n) is 4.26. The molecule has 34 heavy (non-hydrogen) atoms. The summed E-state index contributed by atoms with van der Waals surface area (Å²) in [5, 5.41) is 4.40. The van der Waals surface area contributed by atoms with Crippen molar-refractivity contribution in [2.45, 2.75) is 19.4 Å². The summed E-state index contributed by atoms with van der Waals surface area (Å²) in [4.78, 5) is 13.8. The number of hydrogen-bond donors (Lipinski definition) is 1. The number of hydrazone groups is 1. The SMILES string of the molecule is Cc1cccc(/C=N/Nc2cc(N3CCOCC3)cc(OCCC3CN=C4C=CC=CN43)n2)c1. The monoisotopic (exact) mass is 458 g/mol. The Morgan fingerprint density at radius 3 is 3.00 bits per heavy atom. The average Bonchev–Trinajstić information content (AvgIpc) is 3.28. The molecule has 8 nitrogen and oxygen atoms in total. The van der Waals surface area contributed by atoms with Crippen molar-refractivity contribution in [3.8, 4) is 5.88 Å². The van der Waals surface area contributed by atoms with Gasteiger partial charge >= 0.3 is 0 Å². The molecule has 3 aliphatic heterocycles. The number of hydrogen-bond acceptors (Lipinski definition) is 8. The third-order valence-corrected chi connectivity index (χ3v) is 6.02. The van der Waals surface area contributed by atoms with Gasteiger partial charge in [0.05, 0.1) is 38.6 Å². The van der Waals surface area contributed by atoms with Gasteiger partial charge in [0.15, 0.2) is 5.82 Å². The van der Waals surface area contributed by atoms with Crippen LogP contribution in [0.1, 0.15) is 17.5 Å². The Morgan fingerprint density at radius 1 is 1.21 bits per heavy atom. The molecule has 176 valence electrons. The van der Waals surface area contributed by atoms with Crippen LogP contribution in [0.5, 0.6) is 5.88 Å². The maximum atomic E-state index is 6.12. The molecule has 1 aromatic heterocycles. The molecule has 1 fully saturated rings. The van der Waals surface area contributed by atoms with E-state index in [1.807, 2.05) is 42.5 Å². The molecule has 5 rings (SSSR count). The quantitative estimate of drug-likeness (QED) is 0.481. The fraction of sp³-hybridized carbons (Fsp3) is 0.346. The molecule has 0 bridgehead atoms. The molecule has 0 radical (unpaired) electrons. The van der Waals surface area contributed by atoms with Crippen LogP contribution in [0.25, 0.3) is 0 Å². The predicted octanol–water partition coefficient (Wildman–Crippen LogP) is 3.61. The summed E-state index contributed by atoms with van der Waals surface area (Å²) in [5.74, 6) is 2.27. The van der Waals surface area contributed by atoms with Crippen LogP contribution < -0.4 is 15.1 Å². The largest absolute Gasteiger partial charge is 0.477 e. The van der Waals surface area contributed by atoms with Gasteiger partial charge in [-0.25, -0.2) is 0 Å². The maximum absolute atomic E-state index is 6.12. The third-order valence-electron chi connectivity index (χ3n) is 6.02. The molecule has 0 aliphatic carbocycles. The van der Waals surface area contributed by atoms with E-state index in [2.05, 4.69) is 55.6 Å². The molecule has 1 aromatic carbocycles. The number of aryl methyl sites for hydroxylation is 1. The van der Waals surface area contributed by atoms with E-state index in [1.165, 1.54) is 5.56 Å². The zero-order chi connectivity index (χ0) is 23.2. The minimum atomic E-state index is 0.315. The standard InChI is InChI=1S/C26H30N6O2/c1-20-5-4-6-21(15-20)18-28-30-24-16-23(31-10-13-33-14-11-31)17-26(29-24)34-12-8-22-19-27-25-7-2-3-9-32(22)25/h2-7,9,15-18,22H,8,10-14,19H2,1H3,(H,29,30)/b28-18+. The summed E-state index contributed by atoms with van der Waals surface area (Å²) in [6.45, 7) is 6.53. The summed E-state index contributed by atoms with van der Waals surface area (Å²) >= 11 is 0. The first-order valence-electron chi connectivity index (χ1n) is 11.8. The van der Waals surface area contributed by atoms with Crippen LogP contribution in [0, 0.1) is 6.92 Å². The first-order chi connectivity index (χ1) is 16.7. The van der Waals surface area contributed by atoms with Gasteiger partial charge in [0.1, 0.15) is 5.84 Å². The van der Waals surface area contributed by atoms with E-state index in [4.69, 9.17) is 9.47 Å². The highest BCUT2D eigenvalue weighted by Crippen LogP contribution is 2.25. The average molecular weight is 459 g/mol. The predicted molar refractivity (Wildman–Crippen MR) is 136 cm³/mol. The van der Waals surface area contributed by atoms with E-state index in [-0.39, 0.29) is 0 Å². The van der Waals surface area contributed by atoms with Gasteiger partial charge in [0.25, 0.3) is 0 Å². The number of fused-ring (bicyclic) bond motifs is 1. The molecule has 1 saturated heterocycles. The van der Waals surface area contributed by atoms with Gasteiger partial charge in [0, 0.05) is 43.5 Å². The number of nitrogens with one attached hydrogen (secondary N) is 1. The van der Waals surface area contributed by atoms with Crippen molar-refractivity contribution < 1.29 is 9.47 Å². The number of anilines is 2. The first kappa shape index (κ1) is 22.2. The second kappa shape index (κ2) is 10.5. The van der Waals surface area contributed by atoms with Gasteiger partial charge < -0.3 is 19.3 Å². The van der Waals surface area contributed by atoms with Crippen LogP contribution >= 0.6 is 0 Å². The lowest BCUT2D eigenvalue weighted by Crippen LogP contribution is -2.36. The van der Waals surface area contributed by atoms with Crippen molar-refractivity contribution in [1.82, 2.24) is 9.88 Å². The van der Waals surface area contributed by atoms with E-state index in [0.29, 0.717) is 37.6 Å². The second-order valence-electron chi connectivity index (χ2n) is 8.53. The van der Waals surface area contributed by atoms with Gasteiger partial charge in [-0.1, -0.05) is 35.9 Å². The van der Waals surface area contributed by atoms with E-state index in [0.717, 1.165) is 43.1 Å². The van der Waals surface area contributed by atoms with E-state index < -0.39 is 0 Å². The van der Waals surface area contributed by atoms with Gasteiger partial charge in [-0.3, -0.25) is 10.4 Å². The summed E-state index contributed by atoms with van der Waals surface area (Å²) in [6.07, 6.45) is 10.9. The van der Waals surface area contributed by atoms with Crippen LogP contribution in [0.15, 0.2) is 70.9 Å². The zero-order valence-corrected chi connectivity index (χ0v) is 19.4. The summed E-state index contributed by atoms with van der Waals surface area (Å²) in [6, 6.07) is 12.5. The van der Waals surface area contributed by atoms with E-state index in [1.54, 1.807) is 6.21 Å². The Kier molecular flexibility index (Phi) is 6.86. The second-order valence-corrected chi connectivity index (χ2v) is 8.53. The van der Waals surface area contributed by atoms with Crippen LogP contribution in [0.2, 0.25) is 0 Å². The third kappa shape index (κ3) is 5.46. The molecule has 4 heterocycles. The molecule has 0 saturated carbocycles. The fourth-order valence-corrected chi connectivity index (χ4v) is 4.26. The number of rotatable bonds is 8. The van der Waals surface area contributed by atoms with Crippen LogP contribution in [0.4, 0.5) is 11.5 Å². The van der Waals surface area contributed by atoms with Crippen LogP contribution in [0.3, 0.4) is 0 Å². The molecule has 1 atom stereocenters. The smallest absolute Gasteiger partial charge is 0.217 e. The van der Waals surface area contributed by atoms with Crippen molar-refractivity contribution in [3.63, 3.8) is 0 Å². The number of allylic oxidation sites excluding steroid dienone is 2. The minimum Gasteiger partial charge on any atom is -0.477 e. The summed E-state index contributed by atoms with van der Waals surface area (Å²) < 4.78 is 11.6. The Bertz CT molecular complexity index is 1120. The lowest BCUT2D eigenvalue weighted by Gasteiger charge is -2.29. The molecule has 8 heteroatoms. The summed E-state index contributed by atoms with van der Waals surface area (Å²) in [5.41, 5.74) is 6.36. The topological polar surface area (TPSA) is 74.6 Å². The molecule has 1 unspecified atom stereocenters. The van der Waals surface area contributed by atoms with Gasteiger partial charge in [-0.2, -0.15) is 10.1 Å². The molecule has 0 amide bonds. The number of ether oxygens (including phenoxy) is 2. The van der Waals surface area contributed by atoms with E-state index in [9.17, 15) is 0 Å². The van der Waals surface area contributed by atoms with Crippen LogP contribution in [-0.4, -0.2) is 67.4 Å². The number of nitrogens with zero attached hydrogens (tertiary/aromatic N) is 5. The molecule has 0 spiro atoms. The van der Waals surface area contributed by atoms with Crippen molar-refractivity contribution in [2.75, 3.05) is 49.8 Å². The Morgan fingerprint density at radius 2 is 2.12 bits per heavy atom. The highest BCUT2D eigenvalue weighted by molar-refractivity contribution is 5.96. The summed E-state index contributed by atoms with van der Waals surface area (Å²) in [7, 11) is 0. The molecule has 2 aromatic rings. The number of amidine groups is 1. The Labute approximate surface area is 200 Å². The Balaban J connectivity index is 1.25. The van der Waals surface area contributed by atoms with Crippen molar-refractivity contribution >= 4 is 23.6 Å². The normalized spacial score (nSPS) is 19.4. The molecule has 1 N–H and O–H groups in total. The zero-order valence-electron chi connectivity index (χ0n) is 19.4. The lowest BCUT2D eigenvalue weighted by molar-refractivity contribution is 0.122. The van der Waals surface area contributed by atoms with Crippen molar-refractivity contribution in [2.24, 2.45) is 10.1 Å². The van der Waals surface area contributed by atoms with Gasteiger partial charge in [-0.05, 0) is 24.6 Å².